The lowest BCUT2D eigenvalue weighted by atomic mass is 10.2. The average Bonchev–Trinajstić information content (AvgIpc) is 3.09. The summed E-state index contributed by atoms with van der Waals surface area (Å²) in [6.45, 7) is 3.84. The minimum Gasteiger partial charge on any atom is -0.315 e. The van der Waals surface area contributed by atoms with Crippen LogP contribution in [0.4, 0.5) is 5.69 Å². The maximum absolute atomic E-state index is 12.8. The monoisotopic (exact) mass is 374 g/mol. The standard InChI is InChI=1S/C14H19ClN4O4S/c15-11-1-2-14(13(9-11)19(20)21)24(22,23)18-7-5-17(6-8-18)12-3-4-16-10-12/h1-2,9,12,16H,3-8,10H2. The number of nitro groups is 1. The van der Waals surface area contributed by atoms with Gasteiger partial charge in [-0.2, -0.15) is 4.31 Å². The molecule has 2 aliphatic rings. The lowest BCUT2D eigenvalue weighted by molar-refractivity contribution is -0.387. The Labute approximate surface area is 145 Å². The fourth-order valence-corrected chi connectivity index (χ4v) is 4.98. The summed E-state index contributed by atoms with van der Waals surface area (Å²) in [5, 5.41) is 14.6. The van der Waals surface area contributed by atoms with E-state index in [1.807, 2.05) is 0 Å². The van der Waals surface area contributed by atoms with Crippen molar-refractivity contribution in [1.82, 2.24) is 14.5 Å². The molecule has 132 valence electrons. The van der Waals surface area contributed by atoms with E-state index in [0.29, 0.717) is 32.2 Å². The molecule has 0 spiro atoms. The van der Waals surface area contributed by atoms with E-state index < -0.39 is 20.6 Å². The van der Waals surface area contributed by atoms with Gasteiger partial charge in [0.05, 0.1) is 4.92 Å². The van der Waals surface area contributed by atoms with Crippen LogP contribution in [0.1, 0.15) is 6.42 Å². The molecular weight excluding hydrogens is 356 g/mol. The van der Waals surface area contributed by atoms with Crippen molar-refractivity contribution in [3.8, 4) is 0 Å². The quantitative estimate of drug-likeness (QED) is 0.621. The first-order valence-corrected chi connectivity index (χ1v) is 9.60. The van der Waals surface area contributed by atoms with Gasteiger partial charge in [-0.1, -0.05) is 11.6 Å². The van der Waals surface area contributed by atoms with E-state index in [4.69, 9.17) is 11.6 Å². The van der Waals surface area contributed by atoms with Gasteiger partial charge >= 0.3 is 0 Å². The number of benzene rings is 1. The Morgan fingerprint density at radius 2 is 1.96 bits per heavy atom. The van der Waals surface area contributed by atoms with Gasteiger partial charge in [0, 0.05) is 49.9 Å². The lowest BCUT2D eigenvalue weighted by Gasteiger charge is -2.37. The van der Waals surface area contributed by atoms with Gasteiger partial charge in [0.1, 0.15) is 0 Å². The van der Waals surface area contributed by atoms with Crippen LogP contribution >= 0.6 is 11.6 Å². The second kappa shape index (κ2) is 6.93. The van der Waals surface area contributed by atoms with Gasteiger partial charge in [-0.25, -0.2) is 8.42 Å². The Morgan fingerprint density at radius 1 is 1.25 bits per heavy atom. The molecule has 8 nitrogen and oxygen atoms in total. The van der Waals surface area contributed by atoms with Crippen molar-refractivity contribution < 1.29 is 13.3 Å². The molecule has 0 amide bonds. The maximum Gasteiger partial charge on any atom is 0.290 e. The van der Waals surface area contributed by atoms with Crippen LogP contribution in [0.3, 0.4) is 0 Å². The first kappa shape index (κ1) is 17.6. The van der Waals surface area contributed by atoms with Gasteiger partial charge in [0.15, 0.2) is 4.90 Å². The molecule has 1 atom stereocenters. The lowest BCUT2D eigenvalue weighted by Crippen LogP contribution is -2.52. The molecule has 1 unspecified atom stereocenters. The normalized spacial score (nSPS) is 23.5. The van der Waals surface area contributed by atoms with Crippen molar-refractivity contribution in [1.29, 1.82) is 0 Å². The molecule has 0 aromatic heterocycles. The SMILES string of the molecule is O=[N+]([O-])c1cc(Cl)ccc1S(=O)(=O)N1CCN(C2CCNC2)CC1. The predicted octanol–water partition coefficient (Wildman–Crippen LogP) is 0.916. The smallest absolute Gasteiger partial charge is 0.290 e. The van der Waals surface area contributed by atoms with E-state index in [0.717, 1.165) is 25.6 Å². The van der Waals surface area contributed by atoms with Crippen LogP contribution in [-0.2, 0) is 10.0 Å². The highest BCUT2D eigenvalue weighted by atomic mass is 35.5. The Bertz CT molecular complexity index is 728. The van der Waals surface area contributed by atoms with E-state index in [9.17, 15) is 18.5 Å². The molecular formula is C14H19ClN4O4S. The Morgan fingerprint density at radius 3 is 2.54 bits per heavy atom. The Kier molecular flexibility index (Phi) is 5.07. The zero-order valence-electron chi connectivity index (χ0n) is 13.0. The van der Waals surface area contributed by atoms with Crippen LogP contribution < -0.4 is 5.32 Å². The molecule has 24 heavy (non-hydrogen) atoms. The fourth-order valence-electron chi connectivity index (χ4n) is 3.25. The van der Waals surface area contributed by atoms with E-state index >= 15 is 0 Å². The molecule has 10 heteroatoms. The number of halogens is 1. The van der Waals surface area contributed by atoms with Crippen LogP contribution in [0, 0.1) is 10.1 Å². The van der Waals surface area contributed by atoms with Crippen molar-refractivity contribution in [2.24, 2.45) is 0 Å². The van der Waals surface area contributed by atoms with E-state index in [2.05, 4.69) is 10.2 Å². The minimum absolute atomic E-state index is 0.138. The molecule has 0 saturated carbocycles. The molecule has 0 aliphatic carbocycles. The number of nitrogens with zero attached hydrogens (tertiary/aromatic N) is 3. The third-order valence-electron chi connectivity index (χ3n) is 4.56. The molecule has 3 rings (SSSR count). The number of rotatable bonds is 4. The number of hydrogen-bond acceptors (Lipinski definition) is 6. The van der Waals surface area contributed by atoms with Gasteiger partial charge < -0.3 is 5.32 Å². The topological polar surface area (TPSA) is 95.8 Å². The van der Waals surface area contributed by atoms with Crippen LogP contribution in [0.5, 0.6) is 0 Å². The first-order chi connectivity index (χ1) is 11.4. The summed E-state index contributed by atoms with van der Waals surface area (Å²) in [6, 6.07) is 4.10. The summed E-state index contributed by atoms with van der Waals surface area (Å²) < 4.78 is 26.9. The molecule has 1 aromatic rings. The molecule has 2 aliphatic heterocycles. The first-order valence-electron chi connectivity index (χ1n) is 7.78. The minimum atomic E-state index is -3.91. The highest BCUT2D eigenvalue weighted by Gasteiger charge is 2.35. The summed E-state index contributed by atoms with van der Waals surface area (Å²) in [5.74, 6) is 0. The summed E-state index contributed by atoms with van der Waals surface area (Å²) in [4.78, 5) is 12.5. The number of nitro benzene ring substituents is 1. The third-order valence-corrected chi connectivity index (χ3v) is 6.74. The molecule has 2 saturated heterocycles. The predicted molar refractivity (Wildman–Crippen MR) is 89.7 cm³/mol. The van der Waals surface area contributed by atoms with Gasteiger partial charge in [-0.05, 0) is 25.1 Å². The zero-order valence-corrected chi connectivity index (χ0v) is 14.6. The van der Waals surface area contributed by atoms with Gasteiger partial charge in [-0.15, -0.1) is 0 Å². The molecule has 1 aromatic carbocycles. The van der Waals surface area contributed by atoms with Gasteiger partial charge in [-0.3, -0.25) is 15.0 Å². The van der Waals surface area contributed by atoms with Crippen molar-refractivity contribution in [3.05, 3.63) is 33.3 Å². The van der Waals surface area contributed by atoms with Gasteiger partial charge in [0.2, 0.25) is 10.0 Å². The molecule has 2 fully saturated rings. The highest BCUT2D eigenvalue weighted by molar-refractivity contribution is 7.89. The van der Waals surface area contributed by atoms with Crippen LogP contribution in [-0.4, -0.2) is 67.9 Å². The van der Waals surface area contributed by atoms with Crippen LogP contribution in [0.2, 0.25) is 5.02 Å². The number of hydrogen-bond donors (Lipinski definition) is 1. The zero-order chi connectivity index (χ0) is 17.3. The second-order valence-corrected chi connectivity index (χ2v) is 8.30. The van der Waals surface area contributed by atoms with E-state index in [1.54, 1.807) is 0 Å². The number of piperazine rings is 1. The maximum atomic E-state index is 12.8. The number of nitrogens with one attached hydrogen (secondary N) is 1. The highest BCUT2D eigenvalue weighted by Crippen LogP contribution is 2.30. The Balaban J connectivity index is 1.78. The summed E-state index contributed by atoms with van der Waals surface area (Å²) in [7, 11) is -3.91. The summed E-state index contributed by atoms with van der Waals surface area (Å²) >= 11 is 5.76. The number of sulfonamides is 1. The summed E-state index contributed by atoms with van der Waals surface area (Å²) in [6.07, 6.45) is 1.06. The second-order valence-electron chi connectivity index (χ2n) is 5.96. The summed E-state index contributed by atoms with van der Waals surface area (Å²) in [5.41, 5.74) is -0.482. The van der Waals surface area contributed by atoms with Crippen LogP contribution in [0.25, 0.3) is 0 Å². The van der Waals surface area contributed by atoms with E-state index in [1.165, 1.54) is 16.4 Å². The molecule has 0 radical (unpaired) electrons. The molecule has 1 N–H and O–H groups in total. The largest absolute Gasteiger partial charge is 0.315 e. The molecule has 2 heterocycles. The van der Waals surface area contributed by atoms with Gasteiger partial charge in [0.25, 0.3) is 5.69 Å². The van der Waals surface area contributed by atoms with E-state index in [-0.39, 0.29) is 9.92 Å². The van der Waals surface area contributed by atoms with Crippen LogP contribution in [0.15, 0.2) is 23.1 Å². The van der Waals surface area contributed by atoms with Crippen molar-refractivity contribution in [2.45, 2.75) is 17.4 Å². The van der Waals surface area contributed by atoms with Crippen molar-refractivity contribution in [2.75, 3.05) is 39.3 Å². The third kappa shape index (κ3) is 3.40. The molecule has 0 bridgehead atoms. The Hall–Kier alpha value is -1.26. The fraction of sp³-hybridized carbons (Fsp3) is 0.571. The average molecular weight is 375 g/mol. The van der Waals surface area contributed by atoms with Crippen molar-refractivity contribution in [3.63, 3.8) is 0 Å². The van der Waals surface area contributed by atoms with Crippen molar-refractivity contribution >= 4 is 27.3 Å².